The molecule has 0 aliphatic heterocycles. The zero-order chi connectivity index (χ0) is 14.9. The van der Waals surface area contributed by atoms with Crippen LogP contribution < -0.4 is 11.1 Å². The van der Waals surface area contributed by atoms with E-state index in [0.29, 0.717) is 0 Å². The van der Waals surface area contributed by atoms with Crippen LogP contribution in [-0.4, -0.2) is 32.7 Å². The average Bonchev–Trinajstić information content (AvgIpc) is 2.87. The maximum atomic E-state index is 12.7. The van der Waals surface area contributed by atoms with E-state index in [2.05, 4.69) is 20.4 Å². The van der Waals surface area contributed by atoms with Gasteiger partial charge < -0.3 is 11.1 Å². The minimum atomic E-state index is -4.62. The molecule has 0 aliphatic rings. The summed E-state index contributed by atoms with van der Waals surface area (Å²) in [5.74, 6) is -1.14. The van der Waals surface area contributed by atoms with Crippen molar-refractivity contribution in [2.24, 2.45) is 5.73 Å². The molecule has 0 unspecified atom stereocenters. The van der Waals surface area contributed by atoms with Crippen molar-refractivity contribution < 1.29 is 18.0 Å². The largest absolute Gasteiger partial charge is 0.433 e. The van der Waals surface area contributed by atoms with Crippen LogP contribution in [0.25, 0.3) is 5.82 Å². The van der Waals surface area contributed by atoms with Gasteiger partial charge in [-0.2, -0.15) is 23.3 Å². The van der Waals surface area contributed by atoms with Gasteiger partial charge in [0.05, 0.1) is 0 Å². The lowest BCUT2D eigenvalue weighted by Crippen LogP contribution is -2.15. The van der Waals surface area contributed by atoms with Gasteiger partial charge in [-0.1, -0.05) is 0 Å². The third-order valence-electron chi connectivity index (χ3n) is 2.30. The maximum absolute atomic E-state index is 12.7. The number of aromatic nitrogens is 4. The molecule has 0 fully saturated rings. The summed E-state index contributed by atoms with van der Waals surface area (Å²) in [6.45, 7) is 0. The molecule has 0 aliphatic carbocycles. The molecule has 106 valence electrons. The Labute approximate surface area is 110 Å². The monoisotopic (exact) mass is 286 g/mol. The molecule has 0 radical (unpaired) electrons. The van der Waals surface area contributed by atoms with Crippen molar-refractivity contribution in [3.8, 4) is 5.82 Å². The number of anilines is 1. The first-order valence-electron chi connectivity index (χ1n) is 5.31. The number of rotatable bonds is 3. The van der Waals surface area contributed by atoms with Gasteiger partial charge in [-0.15, -0.1) is 0 Å². The summed E-state index contributed by atoms with van der Waals surface area (Å²) in [7, 11) is 1.39. The van der Waals surface area contributed by atoms with Crippen LogP contribution in [0.2, 0.25) is 0 Å². The third-order valence-corrected chi connectivity index (χ3v) is 2.30. The lowest BCUT2D eigenvalue weighted by molar-refractivity contribution is -0.141. The zero-order valence-corrected chi connectivity index (χ0v) is 10.1. The number of carbonyl (C=O) groups is 1. The Morgan fingerprint density at radius 3 is 2.60 bits per heavy atom. The average molecular weight is 286 g/mol. The first-order valence-corrected chi connectivity index (χ1v) is 5.31. The van der Waals surface area contributed by atoms with Gasteiger partial charge in [-0.3, -0.25) is 4.79 Å². The van der Waals surface area contributed by atoms with E-state index in [-0.39, 0.29) is 17.5 Å². The van der Waals surface area contributed by atoms with Crippen molar-refractivity contribution in [3.63, 3.8) is 0 Å². The van der Waals surface area contributed by atoms with Gasteiger partial charge in [-0.05, 0) is 6.07 Å². The molecule has 10 heteroatoms. The number of hydrogen-bond donors (Lipinski definition) is 2. The van der Waals surface area contributed by atoms with Crippen molar-refractivity contribution >= 4 is 11.9 Å². The van der Waals surface area contributed by atoms with Crippen LogP contribution >= 0.6 is 0 Å². The fourth-order valence-corrected chi connectivity index (χ4v) is 1.39. The highest BCUT2D eigenvalue weighted by Crippen LogP contribution is 2.29. The number of halogens is 3. The second-order valence-corrected chi connectivity index (χ2v) is 3.69. The summed E-state index contributed by atoms with van der Waals surface area (Å²) in [5.41, 5.74) is 3.82. The summed E-state index contributed by atoms with van der Waals surface area (Å²) in [6, 6.07) is 2.00. The third kappa shape index (κ3) is 2.68. The molecule has 2 heterocycles. The van der Waals surface area contributed by atoms with Crippen molar-refractivity contribution in [1.82, 2.24) is 19.7 Å². The molecule has 0 bridgehead atoms. The van der Waals surface area contributed by atoms with Crippen LogP contribution in [0.5, 0.6) is 0 Å². The first kappa shape index (κ1) is 13.8. The van der Waals surface area contributed by atoms with Crippen molar-refractivity contribution in [1.29, 1.82) is 0 Å². The second-order valence-electron chi connectivity index (χ2n) is 3.69. The molecule has 7 nitrogen and oxygen atoms in total. The van der Waals surface area contributed by atoms with Crippen molar-refractivity contribution in [2.75, 3.05) is 12.4 Å². The van der Waals surface area contributed by atoms with Crippen molar-refractivity contribution in [2.45, 2.75) is 6.18 Å². The van der Waals surface area contributed by atoms with Crippen LogP contribution in [0.15, 0.2) is 18.3 Å². The van der Waals surface area contributed by atoms with E-state index in [1.165, 1.54) is 19.3 Å². The van der Waals surface area contributed by atoms with Gasteiger partial charge in [-0.25, -0.2) is 9.67 Å². The SMILES string of the molecule is CNc1nc(-n2ccc(C(N)=O)n2)cc(C(F)(F)F)n1. The number of nitrogens with zero attached hydrogens (tertiary/aromatic N) is 4. The minimum Gasteiger partial charge on any atom is -0.364 e. The molecule has 0 saturated carbocycles. The topological polar surface area (TPSA) is 98.7 Å². The lowest BCUT2D eigenvalue weighted by atomic mass is 10.4. The smallest absolute Gasteiger partial charge is 0.364 e. The number of nitrogens with one attached hydrogen (secondary N) is 1. The van der Waals surface area contributed by atoms with E-state index in [1.54, 1.807) is 0 Å². The highest BCUT2D eigenvalue weighted by molar-refractivity contribution is 5.90. The molecule has 1 amide bonds. The Hall–Kier alpha value is -2.65. The van der Waals surface area contributed by atoms with Crippen LogP contribution in [0.4, 0.5) is 19.1 Å². The van der Waals surface area contributed by atoms with Crippen LogP contribution in [0.3, 0.4) is 0 Å². The Kier molecular flexibility index (Phi) is 3.30. The summed E-state index contributed by atoms with van der Waals surface area (Å²) >= 11 is 0. The highest BCUT2D eigenvalue weighted by Gasteiger charge is 2.34. The molecule has 2 rings (SSSR count). The predicted molar refractivity (Wildman–Crippen MR) is 62.2 cm³/mol. The molecule has 20 heavy (non-hydrogen) atoms. The number of carbonyl (C=O) groups excluding carboxylic acids is 1. The van der Waals surface area contributed by atoms with E-state index in [1.807, 2.05) is 0 Å². The van der Waals surface area contributed by atoms with E-state index >= 15 is 0 Å². The summed E-state index contributed by atoms with van der Waals surface area (Å²) < 4.78 is 39.1. The van der Waals surface area contributed by atoms with E-state index in [9.17, 15) is 18.0 Å². The van der Waals surface area contributed by atoms with Gasteiger partial charge in [0.25, 0.3) is 5.91 Å². The van der Waals surface area contributed by atoms with Crippen LogP contribution in [0.1, 0.15) is 16.2 Å². The van der Waals surface area contributed by atoms with E-state index < -0.39 is 17.8 Å². The summed E-state index contributed by atoms with van der Waals surface area (Å²) in [5, 5.41) is 6.16. The molecular weight excluding hydrogens is 277 g/mol. The molecule has 0 spiro atoms. The standard InChI is InChI=1S/C10H9F3N6O/c1-15-9-16-6(10(11,12)13)4-7(17-9)19-3-2-5(18-19)8(14)20/h2-4H,1H3,(H2,14,20)(H,15,16,17). The fourth-order valence-electron chi connectivity index (χ4n) is 1.39. The van der Waals surface area contributed by atoms with Crippen LogP contribution in [-0.2, 0) is 6.18 Å². The Bertz CT molecular complexity index is 651. The maximum Gasteiger partial charge on any atom is 0.433 e. The number of primary amides is 1. The second kappa shape index (κ2) is 4.79. The summed E-state index contributed by atoms with van der Waals surface area (Å²) in [4.78, 5) is 18.1. The van der Waals surface area contributed by atoms with E-state index in [0.717, 1.165) is 10.7 Å². The molecule has 3 N–H and O–H groups in total. The number of hydrogen-bond acceptors (Lipinski definition) is 5. The van der Waals surface area contributed by atoms with Gasteiger partial charge in [0.1, 0.15) is 5.69 Å². The van der Waals surface area contributed by atoms with Gasteiger partial charge >= 0.3 is 6.18 Å². The number of alkyl halides is 3. The molecule has 2 aromatic heterocycles. The molecule has 2 aromatic rings. The van der Waals surface area contributed by atoms with Gasteiger partial charge in [0.15, 0.2) is 11.5 Å². The quantitative estimate of drug-likeness (QED) is 0.870. The van der Waals surface area contributed by atoms with Crippen molar-refractivity contribution in [3.05, 3.63) is 29.7 Å². The molecule has 0 atom stereocenters. The van der Waals surface area contributed by atoms with Crippen LogP contribution in [0, 0.1) is 0 Å². The first-order chi connectivity index (χ1) is 9.31. The molecule has 0 saturated heterocycles. The zero-order valence-electron chi connectivity index (χ0n) is 10.1. The van der Waals surface area contributed by atoms with E-state index in [4.69, 9.17) is 5.73 Å². The Balaban J connectivity index is 2.52. The highest BCUT2D eigenvalue weighted by atomic mass is 19.4. The van der Waals surface area contributed by atoms with Gasteiger partial charge in [0.2, 0.25) is 5.95 Å². The minimum absolute atomic E-state index is 0.0804. The van der Waals surface area contributed by atoms with Gasteiger partial charge in [0, 0.05) is 19.3 Å². The number of amides is 1. The number of nitrogens with two attached hydrogens (primary N) is 1. The Morgan fingerprint density at radius 2 is 2.10 bits per heavy atom. The normalized spacial score (nSPS) is 11.4. The summed E-state index contributed by atoms with van der Waals surface area (Å²) in [6.07, 6.45) is -3.34. The molecular formula is C10H9F3N6O. The predicted octanol–water partition coefficient (Wildman–Crippen LogP) is 0.822. The lowest BCUT2D eigenvalue weighted by Gasteiger charge is -2.09. The Morgan fingerprint density at radius 1 is 1.40 bits per heavy atom. The molecule has 0 aromatic carbocycles. The fraction of sp³-hybridized carbons (Fsp3) is 0.200.